The number of amides is 2. The van der Waals surface area contributed by atoms with Gasteiger partial charge in [0.25, 0.3) is 5.91 Å². The first-order valence-corrected chi connectivity index (χ1v) is 11.8. The molecule has 1 aromatic heterocycles. The van der Waals surface area contributed by atoms with Gasteiger partial charge in [-0.05, 0) is 47.7 Å². The van der Waals surface area contributed by atoms with Crippen LogP contribution < -0.4 is 16.2 Å². The Morgan fingerprint density at radius 3 is 2.56 bits per heavy atom. The molecule has 4 N–H and O–H groups in total. The third-order valence-electron chi connectivity index (χ3n) is 6.10. The summed E-state index contributed by atoms with van der Waals surface area (Å²) in [6.07, 6.45) is 2.35. The van der Waals surface area contributed by atoms with E-state index in [0.717, 1.165) is 16.7 Å². The minimum Gasteiger partial charge on any atom is -0.481 e. The molecule has 36 heavy (non-hydrogen) atoms. The van der Waals surface area contributed by atoms with Gasteiger partial charge in [-0.25, -0.2) is 0 Å². The highest BCUT2D eigenvalue weighted by Crippen LogP contribution is 2.26. The summed E-state index contributed by atoms with van der Waals surface area (Å²) in [5, 5.41) is 15.3. The monoisotopic (exact) mass is 488 g/mol. The number of aromatic amines is 1. The van der Waals surface area contributed by atoms with Crippen molar-refractivity contribution in [1.82, 2.24) is 15.2 Å². The second kappa shape index (κ2) is 11.4. The van der Waals surface area contributed by atoms with E-state index in [9.17, 15) is 24.3 Å². The van der Waals surface area contributed by atoms with Crippen molar-refractivity contribution in [2.24, 2.45) is 0 Å². The molecule has 1 unspecified atom stereocenters. The Balaban J connectivity index is 1.47. The zero-order chi connectivity index (χ0) is 25.5. The fraction of sp³-hybridized carbons (Fsp3) is 0.259. The Labute approximate surface area is 208 Å². The quantitative estimate of drug-likeness (QED) is 0.365. The maximum absolute atomic E-state index is 13.2. The Morgan fingerprint density at radius 1 is 1.00 bits per heavy atom. The maximum Gasteiger partial charge on any atom is 0.305 e. The van der Waals surface area contributed by atoms with Crippen molar-refractivity contribution in [3.63, 3.8) is 0 Å². The Bertz CT molecular complexity index is 1300. The first-order valence-electron chi connectivity index (χ1n) is 11.8. The van der Waals surface area contributed by atoms with Crippen LogP contribution >= 0.6 is 0 Å². The van der Waals surface area contributed by atoms with E-state index in [4.69, 9.17) is 0 Å². The molecule has 186 valence electrons. The lowest BCUT2D eigenvalue weighted by Crippen LogP contribution is -2.42. The van der Waals surface area contributed by atoms with Crippen molar-refractivity contribution >= 4 is 23.5 Å². The summed E-state index contributed by atoms with van der Waals surface area (Å²) in [7, 11) is 0. The van der Waals surface area contributed by atoms with Crippen LogP contribution in [-0.4, -0.2) is 51.9 Å². The van der Waals surface area contributed by atoms with Crippen molar-refractivity contribution in [2.75, 3.05) is 18.4 Å². The van der Waals surface area contributed by atoms with E-state index in [1.165, 1.54) is 6.07 Å². The highest BCUT2D eigenvalue weighted by atomic mass is 16.4. The molecule has 9 nitrogen and oxygen atoms in total. The highest BCUT2D eigenvalue weighted by molar-refractivity contribution is 5.96. The SMILES string of the molecule is O=C(O)CC1Nc2cc(C(=O)NCCc3cc[nH]c(=O)c3)ccc2CN(CCc2ccccc2)C1=O. The lowest BCUT2D eigenvalue weighted by molar-refractivity contribution is -0.141. The van der Waals surface area contributed by atoms with Crippen molar-refractivity contribution in [1.29, 1.82) is 0 Å². The molecule has 0 bridgehead atoms. The number of hydrogen-bond donors (Lipinski definition) is 4. The summed E-state index contributed by atoms with van der Waals surface area (Å²) in [4.78, 5) is 53.0. The summed E-state index contributed by atoms with van der Waals surface area (Å²) in [5.74, 6) is -1.66. The van der Waals surface area contributed by atoms with Gasteiger partial charge in [0, 0.05) is 43.1 Å². The number of carboxylic acids is 1. The number of nitrogens with one attached hydrogen (secondary N) is 3. The van der Waals surface area contributed by atoms with Crippen molar-refractivity contribution in [3.05, 3.63) is 99.5 Å². The van der Waals surface area contributed by atoms with E-state index in [-0.39, 0.29) is 23.8 Å². The van der Waals surface area contributed by atoms with Crippen LogP contribution in [0.25, 0.3) is 0 Å². The Hall–Kier alpha value is -4.40. The molecule has 3 aromatic rings. The predicted molar refractivity (Wildman–Crippen MR) is 135 cm³/mol. The first kappa shape index (κ1) is 24.7. The summed E-state index contributed by atoms with van der Waals surface area (Å²) in [6, 6.07) is 17.3. The topological polar surface area (TPSA) is 132 Å². The van der Waals surface area contributed by atoms with Gasteiger partial charge in [0.2, 0.25) is 11.5 Å². The second-order valence-electron chi connectivity index (χ2n) is 8.73. The molecular weight excluding hydrogens is 460 g/mol. The number of carbonyl (C=O) groups is 3. The van der Waals surface area contributed by atoms with Crippen LogP contribution in [0.5, 0.6) is 0 Å². The molecular formula is C27H28N4O5. The molecule has 0 saturated heterocycles. The van der Waals surface area contributed by atoms with Crippen LogP contribution in [0, 0.1) is 0 Å². The van der Waals surface area contributed by atoms with Gasteiger partial charge in [0.1, 0.15) is 6.04 Å². The number of anilines is 1. The van der Waals surface area contributed by atoms with Gasteiger partial charge in [0.15, 0.2) is 0 Å². The number of H-pyrrole nitrogens is 1. The van der Waals surface area contributed by atoms with Crippen LogP contribution in [0.2, 0.25) is 0 Å². The van der Waals surface area contributed by atoms with Crippen molar-refractivity contribution < 1.29 is 19.5 Å². The van der Waals surface area contributed by atoms with Gasteiger partial charge in [-0.2, -0.15) is 0 Å². The molecule has 2 aromatic carbocycles. The smallest absolute Gasteiger partial charge is 0.305 e. The summed E-state index contributed by atoms with van der Waals surface area (Å²) < 4.78 is 0. The summed E-state index contributed by atoms with van der Waals surface area (Å²) in [6.45, 7) is 1.11. The molecule has 2 heterocycles. The van der Waals surface area contributed by atoms with Crippen LogP contribution in [0.15, 0.2) is 71.7 Å². The van der Waals surface area contributed by atoms with E-state index in [1.54, 1.807) is 35.4 Å². The molecule has 0 fully saturated rings. The molecule has 4 rings (SSSR count). The number of nitrogens with zero attached hydrogens (tertiary/aromatic N) is 1. The van der Waals surface area contributed by atoms with E-state index < -0.39 is 12.0 Å². The van der Waals surface area contributed by atoms with Gasteiger partial charge in [-0.15, -0.1) is 0 Å². The molecule has 1 aliphatic heterocycles. The lowest BCUT2D eigenvalue weighted by atomic mass is 10.1. The fourth-order valence-electron chi connectivity index (χ4n) is 4.22. The number of pyridine rings is 1. The van der Waals surface area contributed by atoms with E-state index in [0.29, 0.717) is 43.7 Å². The number of aromatic nitrogens is 1. The molecule has 1 aliphatic rings. The fourth-order valence-corrected chi connectivity index (χ4v) is 4.22. The van der Waals surface area contributed by atoms with Crippen LogP contribution in [0.1, 0.15) is 33.5 Å². The third-order valence-corrected chi connectivity index (χ3v) is 6.10. The summed E-state index contributed by atoms with van der Waals surface area (Å²) in [5.41, 5.74) is 3.48. The highest BCUT2D eigenvalue weighted by Gasteiger charge is 2.31. The lowest BCUT2D eigenvalue weighted by Gasteiger charge is -2.24. The zero-order valence-corrected chi connectivity index (χ0v) is 19.7. The van der Waals surface area contributed by atoms with Crippen molar-refractivity contribution in [3.8, 4) is 0 Å². The van der Waals surface area contributed by atoms with Gasteiger partial charge < -0.3 is 25.6 Å². The standard InChI is InChI=1S/C27H28N4O5/c32-24-14-19(8-11-28-24)9-12-29-26(35)20-6-7-21-17-31(13-10-18-4-2-1-3-5-18)27(36)23(16-25(33)34)30-22(21)15-20/h1-8,11,14-15,23,30H,9-10,12-13,16-17H2,(H,28,32)(H,29,35)(H,33,34). The molecule has 0 spiro atoms. The van der Waals surface area contributed by atoms with Crippen LogP contribution in [-0.2, 0) is 29.0 Å². The largest absolute Gasteiger partial charge is 0.481 e. The zero-order valence-electron chi connectivity index (χ0n) is 19.7. The number of hydrogen-bond acceptors (Lipinski definition) is 5. The molecule has 0 saturated carbocycles. The van der Waals surface area contributed by atoms with E-state index in [1.807, 2.05) is 30.3 Å². The molecule has 0 radical (unpaired) electrons. The Kier molecular flexibility index (Phi) is 7.79. The average Bonchev–Trinajstić information content (AvgIpc) is 2.99. The van der Waals surface area contributed by atoms with Crippen LogP contribution in [0.4, 0.5) is 5.69 Å². The molecule has 9 heteroatoms. The maximum atomic E-state index is 13.2. The number of rotatable bonds is 9. The Morgan fingerprint density at radius 2 is 1.81 bits per heavy atom. The predicted octanol–water partition coefficient (Wildman–Crippen LogP) is 2.19. The van der Waals surface area contributed by atoms with E-state index >= 15 is 0 Å². The average molecular weight is 489 g/mol. The number of benzene rings is 2. The first-order chi connectivity index (χ1) is 17.4. The normalized spacial score (nSPS) is 14.9. The second-order valence-corrected chi connectivity index (χ2v) is 8.73. The molecule has 0 aliphatic carbocycles. The minimum absolute atomic E-state index is 0.195. The summed E-state index contributed by atoms with van der Waals surface area (Å²) >= 11 is 0. The number of carboxylic acid groups (broad SMARTS) is 1. The number of aliphatic carboxylic acids is 1. The molecule has 1 atom stereocenters. The van der Waals surface area contributed by atoms with Crippen molar-refractivity contribution in [2.45, 2.75) is 31.8 Å². The van der Waals surface area contributed by atoms with E-state index in [2.05, 4.69) is 15.6 Å². The van der Waals surface area contributed by atoms with Gasteiger partial charge in [0.05, 0.1) is 6.42 Å². The molecule has 2 amide bonds. The minimum atomic E-state index is -1.08. The third kappa shape index (κ3) is 6.38. The van der Waals surface area contributed by atoms with Crippen LogP contribution in [0.3, 0.4) is 0 Å². The number of fused-ring (bicyclic) bond motifs is 1. The van der Waals surface area contributed by atoms with Gasteiger partial charge >= 0.3 is 5.97 Å². The van der Waals surface area contributed by atoms with Gasteiger partial charge in [-0.3, -0.25) is 19.2 Å². The van der Waals surface area contributed by atoms with Gasteiger partial charge in [-0.1, -0.05) is 36.4 Å². The number of carbonyl (C=O) groups excluding carboxylic acids is 2.